The lowest BCUT2D eigenvalue weighted by Crippen LogP contribution is -2.43. The summed E-state index contributed by atoms with van der Waals surface area (Å²) in [5.41, 5.74) is 0.460. The van der Waals surface area contributed by atoms with E-state index in [0.29, 0.717) is 43.2 Å². The van der Waals surface area contributed by atoms with Crippen LogP contribution in [0.2, 0.25) is 0 Å². The van der Waals surface area contributed by atoms with Crippen molar-refractivity contribution >= 4 is 17.8 Å². The summed E-state index contributed by atoms with van der Waals surface area (Å²) in [6.45, 7) is 6.55. The molecular weight excluding hydrogens is 410 g/mol. The van der Waals surface area contributed by atoms with Gasteiger partial charge in [0.05, 0.1) is 13.2 Å². The molecular formula is C24H29N3O5. The molecule has 2 N–H and O–H groups in total. The van der Waals surface area contributed by atoms with Crippen LogP contribution < -0.4 is 20.1 Å². The van der Waals surface area contributed by atoms with E-state index in [1.54, 1.807) is 31.2 Å². The summed E-state index contributed by atoms with van der Waals surface area (Å²) in [5.74, 6) is 0.498. The number of benzene rings is 2. The van der Waals surface area contributed by atoms with Crippen LogP contribution in [-0.2, 0) is 21.5 Å². The Balaban J connectivity index is 1.56. The number of urea groups is 1. The predicted molar refractivity (Wildman–Crippen MR) is 120 cm³/mol. The molecule has 0 spiro atoms. The number of imide groups is 1. The largest absolute Gasteiger partial charge is 0.490 e. The highest BCUT2D eigenvalue weighted by Gasteiger charge is 2.49. The first-order valence-electron chi connectivity index (χ1n) is 10.7. The zero-order chi connectivity index (χ0) is 23.1. The van der Waals surface area contributed by atoms with Gasteiger partial charge in [-0.15, -0.1) is 0 Å². The summed E-state index contributed by atoms with van der Waals surface area (Å²) in [7, 11) is 0. The smallest absolute Gasteiger partial charge is 0.325 e. The molecule has 0 aromatic heterocycles. The average molecular weight is 440 g/mol. The summed E-state index contributed by atoms with van der Waals surface area (Å²) in [5, 5.41) is 5.47. The molecule has 3 rings (SSSR count). The maximum absolute atomic E-state index is 12.9. The second-order valence-electron chi connectivity index (χ2n) is 7.56. The van der Waals surface area contributed by atoms with Crippen LogP contribution in [0, 0.1) is 0 Å². The number of ether oxygens (including phenoxy) is 2. The van der Waals surface area contributed by atoms with Crippen molar-refractivity contribution in [2.24, 2.45) is 0 Å². The van der Waals surface area contributed by atoms with Crippen LogP contribution in [0.3, 0.4) is 0 Å². The molecule has 2 aromatic rings. The van der Waals surface area contributed by atoms with Crippen molar-refractivity contribution in [2.45, 2.75) is 32.7 Å². The van der Waals surface area contributed by atoms with Crippen LogP contribution in [0.4, 0.5) is 4.79 Å². The van der Waals surface area contributed by atoms with E-state index in [1.165, 1.54) is 0 Å². The molecule has 8 heteroatoms. The second-order valence-corrected chi connectivity index (χ2v) is 7.56. The summed E-state index contributed by atoms with van der Waals surface area (Å²) in [6, 6.07) is 14.1. The number of hydrogen-bond donors (Lipinski definition) is 2. The summed E-state index contributed by atoms with van der Waals surface area (Å²) < 4.78 is 11.2. The normalized spacial score (nSPS) is 17.8. The van der Waals surface area contributed by atoms with Gasteiger partial charge in [0.2, 0.25) is 5.91 Å². The Labute approximate surface area is 187 Å². The van der Waals surface area contributed by atoms with Crippen LogP contribution in [0.15, 0.2) is 48.5 Å². The summed E-state index contributed by atoms with van der Waals surface area (Å²) in [4.78, 5) is 38.6. The number of carbonyl (C=O) groups is 3. The Morgan fingerprint density at radius 1 is 1.03 bits per heavy atom. The van der Waals surface area contributed by atoms with Gasteiger partial charge < -0.3 is 20.1 Å². The monoisotopic (exact) mass is 439 g/mol. The summed E-state index contributed by atoms with van der Waals surface area (Å²) in [6.07, 6.45) is 0.570. The molecule has 0 radical (unpaired) electrons. The molecule has 1 heterocycles. The molecule has 0 saturated carbocycles. The van der Waals surface area contributed by atoms with Crippen molar-refractivity contribution in [1.29, 1.82) is 0 Å². The van der Waals surface area contributed by atoms with E-state index < -0.39 is 23.4 Å². The Bertz CT molecular complexity index is 979. The number of nitrogens with zero attached hydrogens (tertiary/aromatic N) is 1. The molecule has 1 saturated heterocycles. The lowest BCUT2D eigenvalue weighted by molar-refractivity contribution is -0.134. The highest BCUT2D eigenvalue weighted by Crippen LogP contribution is 2.29. The third-order valence-electron chi connectivity index (χ3n) is 5.27. The Hall–Kier alpha value is -3.55. The average Bonchev–Trinajstić information content (AvgIpc) is 3.00. The number of amides is 4. The van der Waals surface area contributed by atoms with Gasteiger partial charge in [-0.25, -0.2) is 4.79 Å². The number of hydrogen-bond acceptors (Lipinski definition) is 5. The van der Waals surface area contributed by atoms with Gasteiger partial charge in [0.1, 0.15) is 12.1 Å². The predicted octanol–water partition coefficient (Wildman–Crippen LogP) is 2.61. The van der Waals surface area contributed by atoms with Gasteiger partial charge in [0, 0.05) is 6.54 Å². The first-order chi connectivity index (χ1) is 15.4. The minimum absolute atomic E-state index is 0.333. The zero-order valence-electron chi connectivity index (χ0n) is 18.6. The molecule has 4 amide bonds. The Morgan fingerprint density at radius 2 is 1.72 bits per heavy atom. The standard InChI is InChI=1S/C24H29N3O5/c1-4-31-19-12-11-17(15-20(19)32-5-2)13-14-25-21(28)16-27-22(29)24(3,26-23(27)30)18-9-7-6-8-10-18/h6-12,15H,4-5,13-14,16H2,1-3H3,(H,25,28)(H,26,30)/t24-/m0/s1. The number of carbonyl (C=O) groups excluding carboxylic acids is 3. The van der Waals surface area contributed by atoms with Crippen molar-refractivity contribution in [3.63, 3.8) is 0 Å². The van der Waals surface area contributed by atoms with Crippen molar-refractivity contribution in [3.05, 3.63) is 59.7 Å². The minimum Gasteiger partial charge on any atom is -0.490 e. The molecule has 0 unspecified atom stereocenters. The van der Waals surface area contributed by atoms with Crippen molar-refractivity contribution in [2.75, 3.05) is 26.3 Å². The molecule has 1 aliphatic rings. The van der Waals surface area contributed by atoms with Crippen LogP contribution in [0.1, 0.15) is 31.9 Å². The molecule has 8 nitrogen and oxygen atoms in total. The van der Waals surface area contributed by atoms with Gasteiger partial charge in [-0.05, 0) is 50.5 Å². The molecule has 170 valence electrons. The quantitative estimate of drug-likeness (QED) is 0.555. The minimum atomic E-state index is -1.18. The zero-order valence-corrected chi connectivity index (χ0v) is 18.6. The fraction of sp³-hybridized carbons (Fsp3) is 0.375. The van der Waals surface area contributed by atoms with Crippen LogP contribution in [-0.4, -0.2) is 49.0 Å². The lowest BCUT2D eigenvalue weighted by atomic mass is 9.92. The highest BCUT2D eigenvalue weighted by molar-refractivity contribution is 6.09. The van der Waals surface area contributed by atoms with E-state index in [1.807, 2.05) is 38.1 Å². The van der Waals surface area contributed by atoms with E-state index in [-0.39, 0.29) is 6.54 Å². The van der Waals surface area contributed by atoms with E-state index in [4.69, 9.17) is 9.47 Å². The number of nitrogens with one attached hydrogen (secondary N) is 2. The summed E-state index contributed by atoms with van der Waals surface area (Å²) >= 11 is 0. The van der Waals surface area contributed by atoms with Crippen molar-refractivity contribution in [3.8, 4) is 11.5 Å². The van der Waals surface area contributed by atoms with Crippen molar-refractivity contribution < 1.29 is 23.9 Å². The first kappa shape index (κ1) is 23.1. The maximum atomic E-state index is 12.9. The van der Waals surface area contributed by atoms with E-state index in [2.05, 4.69) is 10.6 Å². The van der Waals surface area contributed by atoms with Gasteiger partial charge in [-0.1, -0.05) is 36.4 Å². The molecule has 1 aliphatic heterocycles. The first-order valence-corrected chi connectivity index (χ1v) is 10.7. The second kappa shape index (κ2) is 10.2. The van der Waals surface area contributed by atoms with E-state index in [9.17, 15) is 14.4 Å². The molecule has 0 aliphatic carbocycles. The van der Waals surface area contributed by atoms with Crippen LogP contribution >= 0.6 is 0 Å². The third-order valence-corrected chi connectivity index (χ3v) is 5.27. The van der Waals surface area contributed by atoms with Gasteiger partial charge in [0.25, 0.3) is 5.91 Å². The molecule has 32 heavy (non-hydrogen) atoms. The Kier molecular flexibility index (Phi) is 7.35. The molecule has 1 atom stereocenters. The van der Waals surface area contributed by atoms with E-state index >= 15 is 0 Å². The SMILES string of the molecule is CCOc1ccc(CCNC(=O)CN2C(=O)N[C@@](C)(c3ccccc3)C2=O)cc1OCC. The van der Waals surface area contributed by atoms with Gasteiger partial charge >= 0.3 is 6.03 Å². The number of rotatable bonds is 10. The fourth-order valence-electron chi connectivity index (χ4n) is 3.60. The molecule has 2 aromatic carbocycles. The lowest BCUT2D eigenvalue weighted by Gasteiger charge is -2.22. The van der Waals surface area contributed by atoms with E-state index in [0.717, 1.165) is 10.5 Å². The topological polar surface area (TPSA) is 97.0 Å². The van der Waals surface area contributed by atoms with Crippen LogP contribution in [0.25, 0.3) is 0 Å². The fourth-order valence-corrected chi connectivity index (χ4v) is 3.60. The van der Waals surface area contributed by atoms with Gasteiger partial charge in [-0.2, -0.15) is 0 Å². The third kappa shape index (κ3) is 5.01. The molecule has 0 bridgehead atoms. The Morgan fingerprint density at radius 3 is 2.41 bits per heavy atom. The highest BCUT2D eigenvalue weighted by atomic mass is 16.5. The van der Waals surface area contributed by atoms with Gasteiger partial charge in [0.15, 0.2) is 11.5 Å². The van der Waals surface area contributed by atoms with Crippen molar-refractivity contribution in [1.82, 2.24) is 15.5 Å². The molecule has 1 fully saturated rings. The van der Waals surface area contributed by atoms with Gasteiger partial charge in [-0.3, -0.25) is 14.5 Å². The maximum Gasteiger partial charge on any atom is 0.325 e. The van der Waals surface area contributed by atoms with Crippen LogP contribution in [0.5, 0.6) is 11.5 Å².